The number of hydrogen-bond acceptors (Lipinski definition) is 2. The van der Waals surface area contributed by atoms with Gasteiger partial charge < -0.3 is 10.6 Å². The topological polar surface area (TPSA) is 41.1 Å². The second-order valence-electron chi connectivity index (χ2n) is 6.34. The first-order chi connectivity index (χ1) is 12.0. The van der Waals surface area contributed by atoms with E-state index >= 15 is 0 Å². The Bertz CT molecular complexity index is 800. The highest BCUT2D eigenvalue weighted by molar-refractivity contribution is 5.94. The van der Waals surface area contributed by atoms with E-state index in [9.17, 15) is 18.0 Å². The molecule has 2 aromatic carbocycles. The monoisotopic (exact) mass is 384 g/mol. The molecule has 0 spiro atoms. The van der Waals surface area contributed by atoms with Gasteiger partial charge in [0.1, 0.15) is 5.82 Å². The van der Waals surface area contributed by atoms with Gasteiger partial charge in [-0.05, 0) is 55.3 Å². The van der Waals surface area contributed by atoms with Gasteiger partial charge in [0.15, 0.2) is 11.6 Å². The van der Waals surface area contributed by atoms with Gasteiger partial charge >= 0.3 is 0 Å². The SMILES string of the molecule is Cc1ccc(C(=O)NC2CNCCC2c2ccc(F)c(F)c2)c(F)c1.Cl. The number of aryl methyl sites for hydroxylation is 1. The summed E-state index contributed by atoms with van der Waals surface area (Å²) < 4.78 is 40.7. The van der Waals surface area contributed by atoms with Crippen molar-refractivity contribution in [2.75, 3.05) is 13.1 Å². The molecule has 1 fully saturated rings. The van der Waals surface area contributed by atoms with Crippen LogP contribution in [-0.2, 0) is 0 Å². The van der Waals surface area contributed by atoms with Gasteiger partial charge in [-0.25, -0.2) is 13.2 Å². The Balaban J connectivity index is 0.00000243. The lowest BCUT2D eigenvalue weighted by Crippen LogP contribution is -2.50. The van der Waals surface area contributed by atoms with Crippen molar-refractivity contribution in [3.8, 4) is 0 Å². The van der Waals surface area contributed by atoms with Crippen molar-refractivity contribution in [1.82, 2.24) is 10.6 Å². The number of rotatable bonds is 3. The molecule has 7 heteroatoms. The van der Waals surface area contributed by atoms with E-state index in [2.05, 4.69) is 10.6 Å². The fraction of sp³-hybridized carbons (Fsp3) is 0.316. The fourth-order valence-electron chi connectivity index (χ4n) is 3.20. The first-order valence-corrected chi connectivity index (χ1v) is 8.18. The number of benzene rings is 2. The average molecular weight is 385 g/mol. The maximum absolute atomic E-state index is 14.0. The Morgan fingerprint density at radius 3 is 2.54 bits per heavy atom. The molecule has 0 aromatic heterocycles. The summed E-state index contributed by atoms with van der Waals surface area (Å²) in [5.74, 6) is -3.08. The fourth-order valence-corrected chi connectivity index (χ4v) is 3.20. The third kappa shape index (κ3) is 4.37. The van der Waals surface area contributed by atoms with E-state index in [1.807, 2.05) is 0 Å². The zero-order valence-electron chi connectivity index (χ0n) is 14.2. The van der Waals surface area contributed by atoms with Gasteiger partial charge in [0.05, 0.1) is 5.56 Å². The Morgan fingerprint density at radius 2 is 1.85 bits per heavy atom. The van der Waals surface area contributed by atoms with Crippen molar-refractivity contribution >= 4 is 18.3 Å². The van der Waals surface area contributed by atoms with Gasteiger partial charge in [-0.1, -0.05) is 12.1 Å². The molecule has 140 valence electrons. The number of hydrogen-bond donors (Lipinski definition) is 2. The number of carbonyl (C=O) groups excluding carboxylic acids is 1. The van der Waals surface area contributed by atoms with Crippen LogP contribution in [0, 0.1) is 24.4 Å². The molecule has 0 aliphatic carbocycles. The Labute approximate surface area is 156 Å². The molecular weight excluding hydrogens is 365 g/mol. The summed E-state index contributed by atoms with van der Waals surface area (Å²) in [6, 6.07) is 7.86. The second-order valence-corrected chi connectivity index (χ2v) is 6.34. The minimum absolute atomic E-state index is 0. The van der Waals surface area contributed by atoms with Crippen molar-refractivity contribution in [3.63, 3.8) is 0 Å². The molecule has 2 aromatic rings. The summed E-state index contributed by atoms with van der Waals surface area (Å²) in [4.78, 5) is 12.4. The highest BCUT2D eigenvalue weighted by Crippen LogP contribution is 2.27. The minimum Gasteiger partial charge on any atom is -0.347 e. The predicted octanol–water partition coefficient (Wildman–Crippen LogP) is 3.71. The molecule has 26 heavy (non-hydrogen) atoms. The van der Waals surface area contributed by atoms with Gasteiger partial charge in [-0.3, -0.25) is 4.79 Å². The quantitative estimate of drug-likeness (QED) is 0.847. The van der Waals surface area contributed by atoms with Crippen LogP contribution in [0.5, 0.6) is 0 Å². The van der Waals surface area contributed by atoms with Crippen LogP contribution in [0.1, 0.15) is 33.8 Å². The number of halogens is 4. The molecule has 1 aliphatic rings. The number of carbonyl (C=O) groups is 1. The van der Waals surface area contributed by atoms with Crippen molar-refractivity contribution in [3.05, 3.63) is 70.5 Å². The van der Waals surface area contributed by atoms with Crippen LogP contribution in [0.15, 0.2) is 36.4 Å². The molecule has 3 nitrogen and oxygen atoms in total. The van der Waals surface area contributed by atoms with E-state index in [1.165, 1.54) is 18.2 Å². The van der Waals surface area contributed by atoms with Gasteiger partial charge in [-0.2, -0.15) is 0 Å². The molecule has 0 bridgehead atoms. The van der Waals surface area contributed by atoms with Crippen LogP contribution in [0.25, 0.3) is 0 Å². The number of piperidine rings is 1. The second kappa shape index (κ2) is 8.56. The molecule has 3 rings (SSSR count). The molecule has 1 saturated heterocycles. The van der Waals surface area contributed by atoms with E-state index in [4.69, 9.17) is 0 Å². The maximum atomic E-state index is 14.0. The van der Waals surface area contributed by atoms with E-state index < -0.39 is 23.4 Å². The van der Waals surface area contributed by atoms with E-state index in [0.717, 1.165) is 17.7 Å². The lowest BCUT2D eigenvalue weighted by molar-refractivity contribution is 0.0920. The molecular formula is C19H20ClF3N2O. The lowest BCUT2D eigenvalue weighted by atomic mass is 9.85. The molecule has 1 amide bonds. The smallest absolute Gasteiger partial charge is 0.254 e. The molecule has 1 heterocycles. The zero-order valence-corrected chi connectivity index (χ0v) is 15.0. The summed E-state index contributed by atoms with van der Waals surface area (Å²) in [7, 11) is 0. The van der Waals surface area contributed by atoms with Gasteiger partial charge in [-0.15, -0.1) is 12.4 Å². The summed E-state index contributed by atoms with van der Waals surface area (Å²) >= 11 is 0. The van der Waals surface area contributed by atoms with Gasteiger partial charge in [0.2, 0.25) is 0 Å². The Hall–Kier alpha value is -2.05. The van der Waals surface area contributed by atoms with Crippen LogP contribution < -0.4 is 10.6 Å². The van der Waals surface area contributed by atoms with E-state index in [-0.39, 0.29) is 29.9 Å². The highest BCUT2D eigenvalue weighted by atomic mass is 35.5. The molecule has 0 saturated carbocycles. The molecule has 0 radical (unpaired) electrons. The zero-order chi connectivity index (χ0) is 18.0. The summed E-state index contributed by atoms with van der Waals surface area (Å²) in [6.07, 6.45) is 0.659. The molecule has 2 atom stereocenters. The van der Waals surface area contributed by atoms with Crippen LogP contribution in [0.4, 0.5) is 13.2 Å². The lowest BCUT2D eigenvalue weighted by Gasteiger charge is -2.33. The van der Waals surface area contributed by atoms with Crippen molar-refractivity contribution < 1.29 is 18.0 Å². The average Bonchev–Trinajstić information content (AvgIpc) is 2.58. The number of nitrogens with one attached hydrogen (secondary N) is 2. The van der Waals surface area contributed by atoms with Crippen LogP contribution in [0.2, 0.25) is 0 Å². The van der Waals surface area contributed by atoms with Crippen molar-refractivity contribution in [1.29, 1.82) is 0 Å². The van der Waals surface area contributed by atoms with Crippen molar-refractivity contribution in [2.45, 2.75) is 25.3 Å². The third-order valence-corrected chi connectivity index (χ3v) is 4.54. The Morgan fingerprint density at radius 1 is 1.08 bits per heavy atom. The molecule has 2 N–H and O–H groups in total. The predicted molar refractivity (Wildman–Crippen MR) is 96.2 cm³/mol. The standard InChI is InChI=1S/C19H19F3N2O.ClH/c1-11-2-4-14(16(21)8-11)19(25)24-18-10-23-7-6-13(18)12-3-5-15(20)17(22)9-12;/h2-5,8-9,13,18,23H,6-7,10H2,1H3,(H,24,25);1H. The highest BCUT2D eigenvalue weighted by Gasteiger charge is 2.29. The van der Waals surface area contributed by atoms with Crippen LogP contribution in [0.3, 0.4) is 0 Å². The van der Waals surface area contributed by atoms with Crippen LogP contribution in [-0.4, -0.2) is 25.0 Å². The van der Waals surface area contributed by atoms with Gasteiger partial charge in [0.25, 0.3) is 5.91 Å². The first kappa shape index (κ1) is 20.3. The van der Waals surface area contributed by atoms with Gasteiger partial charge in [0, 0.05) is 18.5 Å². The molecule has 1 aliphatic heterocycles. The maximum Gasteiger partial charge on any atom is 0.254 e. The van der Waals surface area contributed by atoms with E-state index in [0.29, 0.717) is 25.1 Å². The Kier molecular flexibility index (Phi) is 6.67. The molecule has 2 unspecified atom stereocenters. The number of amides is 1. The normalized spacial score (nSPS) is 19.5. The van der Waals surface area contributed by atoms with E-state index in [1.54, 1.807) is 13.0 Å². The minimum atomic E-state index is -0.911. The first-order valence-electron chi connectivity index (χ1n) is 8.18. The summed E-state index contributed by atoms with van der Waals surface area (Å²) in [6.45, 7) is 2.92. The summed E-state index contributed by atoms with van der Waals surface area (Å²) in [5, 5.41) is 5.99. The van der Waals surface area contributed by atoms with Crippen molar-refractivity contribution in [2.24, 2.45) is 0 Å². The van der Waals surface area contributed by atoms with Crippen LogP contribution >= 0.6 is 12.4 Å². The largest absolute Gasteiger partial charge is 0.347 e. The summed E-state index contributed by atoms with van der Waals surface area (Å²) in [5.41, 5.74) is 1.32. The third-order valence-electron chi connectivity index (χ3n) is 4.54.